The lowest BCUT2D eigenvalue weighted by Gasteiger charge is -2.22. The van der Waals surface area contributed by atoms with Gasteiger partial charge in [0.2, 0.25) is 0 Å². The smallest absolute Gasteiger partial charge is 0.346 e. The molecule has 9 nitrogen and oxygen atoms in total. The molecule has 0 aliphatic heterocycles. The van der Waals surface area contributed by atoms with Crippen LogP contribution in [0.3, 0.4) is 0 Å². The van der Waals surface area contributed by atoms with Gasteiger partial charge in [-0.1, -0.05) is 113 Å². The number of para-hydroxylation sites is 2. The first-order valence-corrected chi connectivity index (χ1v) is 20.1. The number of furan rings is 2. The van der Waals surface area contributed by atoms with Crippen LogP contribution in [0.1, 0.15) is 77.6 Å². The standard InChI is InChI=1S/C51H42N2O7/c1-6-30-21-22-43(57-27-29-15-9-8-10-16-29)45-37(48(54)55)26-40(53-47(30)45)44-34-18-12-14-20-42(34)59-50(44)60-49(56)36-25-39(38-28-58-41-19-13-11-17-33(38)41)52-46-31(7-2)23-32(24-35(36)46)51(3,4)5/h8-26,28H,6-7,27H2,1-5H3,(H,54,55). The molecule has 0 aliphatic carbocycles. The molecule has 0 saturated carbocycles. The average Bonchev–Trinajstić information content (AvgIpc) is 3.85. The molecule has 0 amide bonds. The van der Waals surface area contributed by atoms with Gasteiger partial charge in [-0.3, -0.25) is 0 Å². The van der Waals surface area contributed by atoms with Crippen molar-refractivity contribution in [2.45, 2.75) is 59.5 Å². The number of hydrogen-bond acceptors (Lipinski definition) is 8. The second-order valence-electron chi connectivity index (χ2n) is 15.9. The molecule has 0 spiro atoms. The summed E-state index contributed by atoms with van der Waals surface area (Å²) in [5, 5.41) is 13.2. The third-order valence-electron chi connectivity index (χ3n) is 11.1. The Morgan fingerprint density at radius 1 is 0.700 bits per heavy atom. The third kappa shape index (κ3) is 6.81. The van der Waals surface area contributed by atoms with Crippen LogP contribution in [-0.2, 0) is 24.9 Å². The van der Waals surface area contributed by atoms with Gasteiger partial charge in [0.05, 0.1) is 44.5 Å². The van der Waals surface area contributed by atoms with Gasteiger partial charge in [-0.25, -0.2) is 19.6 Å². The molecule has 0 aliphatic rings. The summed E-state index contributed by atoms with van der Waals surface area (Å²) in [5.41, 5.74) is 8.10. The van der Waals surface area contributed by atoms with Gasteiger partial charge in [-0.05, 0) is 76.9 Å². The fourth-order valence-electron chi connectivity index (χ4n) is 7.86. The summed E-state index contributed by atoms with van der Waals surface area (Å²) in [6, 6.07) is 35.8. The number of aromatic nitrogens is 2. The fourth-order valence-corrected chi connectivity index (χ4v) is 7.86. The van der Waals surface area contributed by atoms with Gasteiger partial charge in [0, 0.05) is 21.7 Å². The number of carbonyl (C=O) groups is 2. The SMILES string of the molecule is CCc1cc(C(C)(C)C)cc2c(C(=O)Oc3oc4ccccc4c3-c3cc(C(=O)O)c4c(OCc5ccccc5)ccc(CC)c4n3)cc(-c3coc4ccccc34)nc12. The van der Waals surface area contributed by atoms with Crippen molar-refractivity contribution in [3.05, 3.63) is 155 Å². The molecule has 0 atom stereocenters. The van der Waals surface area contributed by atoms with Crippen molar-refractivity contribution in [2.75, 3.05) is 0 Å². The van der Waals surface area contributed by atoms with E-state index in [1.807, 2.05) is 91.9 Å². The van der Waals surface area contributed by atoms with Gasteiger partial charge >= 0.3 is 17.9 Å². The number of esters is 1. The quantitative estimate of drug-likeness (QED) is 0.135. The van der Waals surface area contributed by atoms with Crippen LogP contribution >= 0.6 is 0 Å². The monoisotopic (exact) mass is 794 g/mol. The zero-order chi connectivity index (χ0) is 41.7. The van der Waals surface area contributed by atoms with Gasteiger partial charge in [0.1, 0.15) is 29.8 Å². The predicted molar refractivity (Wildman–Crippen MR) is 234 cm³/mol. The molecule has 0 radical (unpaired) electrons. The first kappa shape index (κ1) is 38.3. The molecule has 298 valence electrons. The number of carboxylic acids is 1. The van der Waals surface area contributed by atoms with Crippen molar-refractivity contribution in [1.29, 1.82) is 0 Å². The first-order chi connectivity index (χ1) is 29.0. The van der Waals surface area contributed by atoms with Gasteiger partial charge in [-0.15, -0.1) is 0 Å². The Morgan fingerprint density at radius 2 is 1.38 bits per heavy atom. The molecular formula is C51H42N2O7. The van der Waals surface area contributed by atoms with Crippen LogP contribution in [0.4, 0.5) is 0 Å². The molecule has 60 heavy (non-hydrogen) atoms. The van der Waals surface area contributed by atoms with E-state index < -0.39 is 11.9 Å². The Labute approximate surface area is 346 Å². The number of carbonyl (C=O) groups excluding carboxylic acids is 1. The van der Waals surface area contributed by atoms with E-state index in [2.05, 4.69) is 33.8 Å². The third-order valence-corrected chi connectivity index (χ3v) is 11.1. The number of pyridine rings is 2. The van der Waals surface area contributed by atoms with Crippen LogP contribution in [0.15, 0.2) is 130 Å². The highest BCUT2D eigenvalue weighted by Gasteiger charge is 2.28. The van der Waals surface area contributed by atoms with E-state index in [9.17, 15) is 14.7 Å². The number of carboxylic acid groups (broad SMARTS) is 1. The molecule has 9 rings (SSSR count). The van der Waals surface area contributed by atoms with Gasteiger partial charge in [0.15, 0.2) is 0 Å². The van der Waals surface area contributed by atoms with E-state index >= 15 is 0 Å². The van der Waals surface area contributed by atoms with E-state index in [1.165, 1.54) is 6.07 Å². The van der Waals surface area contributed by atoms with Crippen LogP contribution < -0.4 is 9.47 Å². The zero-order valence-corrected chi connectivity index (χ0v) is 34.0. The lowest BCUT2D eigenvalue weighted by Crippen LogP contribution is -2.14. The molecule has 0 bridgehead atoms. The Bertz CT molecular complexity index is 3130. The fraction of sp³-hybridized carbons (Fsp3) is 0.176. The number of nitrogens with zero attached hydrogens (tertiary/aromatic N) is 2. The van der Waals surface area contributed by atoms with E-state index in [4.69, 9.17) is 28.3 Å². The molecule has 0 saturated heterocycles. The van der Waals surface area contributed by atoms with Crippen molar-refractivity contribution in [2.24, 2.45) is 0 Å². The highest BCUT2D eigenvalue weighted by Crippen LogP contribution is 2.43. The summed E-state index contributed by atoms with van der Waals surface area (Å²) >= 11 is 0. The summed E-state index contributed by atoms with van der Waals surface area (Å²) in [6.07, 6.45) is 2.93. The molecule has 9 heteroatoms. The van der Waals surface area contributed by atoms with Crippen molar-refractivity contribution in [3.63, 3.8) is 0 Å². The minimum absolute atomic E-state index is 0.00479. The number of aromatic carboxylic acids is 1. The second kappa shape index (κ2) is 15.2. The highest BCUT2D eigenvalue weighted by molar-refractivity contribution is 6.10. The van der Waals surface area contributed by atoms with Crippen LogP contribution in [-0.4, -0.2) is 27.0 Å². The van der Waals surface area contributed by atoms with Gasteiger partial charge in [-0.2, -0.15) is 0 Å². The number of rotatable bonds is 10. The highest BCUT2D eigenvalue weighted by atomic mass is 16.6. The maximum Gasteiger partial charge on any atom is 0.346 e. The minimum Gasteiger partial charge on any atom is -0.488 e. The van der Waals surface area contributed by atoms with E-state index in [1.54, 1.807) is 24.5 Å². The molecule has 0 unspecified atom stereocenters. The molecule has 1 N–H and O–H groups in total. The van der Waals surface area contributed by atoms with Crippen molar-refractivity contribution in [3.8, 4) is 34.2 Å². The lowest BCUT2D eigenvalue weighted by molar-refractivity contribution is 0.0688. The van der Waals surface area contributed by atoms with E-state index in [0.717, 1.165) is 33.2 Å². The summed E-state index contributed by atoms with van der Waals surface area (Å²) in [6.45, 7) is 10.7. The summed E-state index contributed by atoms with van der Waals surface area (Å²) in [7, 11) is 0. The molecule has 5 aromatic carbocycles. The number of benzene rings is 5. The second-order valence-corrected chi connectivity index (χ2v) is 15.9. The van der Waals surface area contributed by atoms with Gasteiger partial charge in [0.25, 0.3) is 0 Å². The molecular weight excluding hydrogens is 753 g/mol. The largest absolute Gasteiger partial charge is 0.488 e. The van der Waals surface area contributed by atoms with Crippen LogP contribution in [0.25, 0.3) is 66.3 Å². The van der Waals surface area contributed by atoms with Crippen LogP contribution in [0, 0.1) is 0 Å². The Hall–Kier alpha value is -7.26. The van der Waals surface area contributed by atoms with Crippen molar-refractivity contribution in [1.82, 2.24) is 9.97 Å². The van der Waals surface area contributed by atoms with Crippen molar-refractivity contribution < 1.29 is 33.0 Å². The Balaban J connectivity index is 1.22. The molecule has 4 heterocycles. The zero-order valence-electron chi connectivity index (χ0n) is 34.0. The molecule has 9 aromatic rings. The van der Waals surface area contributed by atoms with Crippen LogP contribution in [0.2, 0.25) is 0 Å². The number of hydrogen-bond donors (Lipinski definition) is 1. The Kier molecular flexibility index (Phi) is 9.67. The topological polar surface area (TPSA) is 125 Å². The number of aryl methyl sites for hydroxylation is 2. The maximum atomic E-state index is 14.9. The Morgan fingerprint density at radius 3 is 2.12 bits per heavy atom. The normalized spacial score (nSPS) is 11.8. The lowest BCUT2D eigenvalue weighted by atomic mass is 9.84. The van der Waals surface area contributed by atoms with Crippen molar-refractivity contribution >= 4 is 55.7 Å². The number of ether oxygens (including phenoxy) is 2. The van der Waals surface area contributed by atoms with Crippen LogP contribution in [0.5, 0.6) is 11.7 Å². The summed E-state index contributed by atoms with van der Waals surface area (Å²) in [5.74, 6) is -1.54. The minimum atomic E-state index is -1.16. The molecule has 0 fully saturated rings. The summed E-state index contributed by atoms with van der Waals surface area (Å²) < 4.78 is 24.9. The first-order valence-electron chi connectivity index (χ1n) is 20.1. The maximum absolute atomic E-state index is 14.9. The summed E-state index contributed by atoms with van der Waals surface area (Å²) in [4.78, 5) is 38.3. The molecule has 4 aromatic heterocycles. The van der Waals surface area contributed by atoms with E-state index in [0.29, 0.717) is 73.8 Å². The average molecular weight is 795 g/mol. The van der Waals surface area contributed by atoms with Gasteiger partial charge < -0.3 is 23.4 Å². The predicted octanol–water partition coefficient (Wildman–Crippen LogP) is 12.5. The van der Waals surface area contributed by atoms with E-state index in [-0.39, 0.29) is 29.2 Å². The number of fused-ring (bicyclic) bond motifs is 4.